The first kappa shape index (κ1) is 24.6. The molecule has 0 atom stereocenters. The highest BCUT2D eigenvalue weighted by molar-refractivity contribution is 5.80. The molecule has 0 unspecified atom stereocenters. The van der Waals surface area contributed by atoms with E-state index in [1.54, 1.807) is 0 Å². The zero-order chi connectivity index (χ0) is 21.1. The van der Waals surface area contributed by atoms with E-state index in [4.69, 9.17) is 4.99 Å². The fourth-order valence-electron chi connectivity index (χ4n) is 4.33. The number of nitrogens with zero attached hydrogens (tertiary/aromatic N) is 2. The first-order chi connectivity index (χ1) is 14.9. The van der Waals surface area contributed by atoms with Crippen molar-refractivity contribution in [3.05, 3.63) is 53.4 Å². The van der Waals surface area contributed by atoms with Crippen molar-refractivity contribution in [3.8, 4) is 0 Å². The fourth-order valence-corrected chi connectivity index (χ4v) is 4.33. The molecule has 1 aliphatic rings. The summed E-state index contributed by atoms with van der Waals surface area (Å²) < 4.78 is 0. The Morgan fingerprint density at radius 1 is 0.833 bits per heavy atom. The van der Waals surface area contributed by atoms with Gasteiger partial charge >= 0.3 is 0 Å². The van der Waals surface area contributed by atoms with Crippen molar-refractivity contribution in [2.75, 3.05) is 6.54 Å². The molecule has 0 aromatic carbocycles. The molecule has 2 rings (SSSR count). The molecule has 1 aromatic rings. The maximum atomic E-state index is 4.71. The average Bonchev–Trinajstić information content (AvgIpc) is 2.78. The van der Waals surface area contributed by atoms with Crippen molar-refractivity contribution in [2.24, 2.45) is 4.99 Å². The van der Waals surface area contributed by atoms with Crippen LogP contribution < -0.4 is 0 Å². The van der Waals surface area contributed by atoms with Crippen molar-refractivity contribution < 1.29 is 0 Å². The monoisotopic (exact) mass is 408 g/mol. The van der Waals surface area contributed by atoms with Gasteiger partial charge < -0.3 is 0 Å². The molecule has 166 valence electrons. The van der Waals surface area contributed by atoms with Crippen LogP contribution in [-0.4, -0.2) is 17.7 Å². The van der Waals surface area contributed by atoms with Crippen molar-refractivity contribution in [1.29, 1.82) is 0 Å². The highest BCUT2D eigenvalue weighted by Crippen LogP contribution is 2.24. The van der Waals surface area contributed by atoms with Gasteiger partial charge in [0.25, 0.3) is 0 Å². The molecule has 0 saturated heterocycles. The first-order valence-corrected chi connectivity index (χ1v) is 12.6. The zero-order valence-corrected chi connectivity index (χ0v) is 19.5. The molecule has 0 saturated carbocycles. The lowest BCUT2D eigenvalue weighted by atomic mass is 9.92. The minimum absolute atomic E-state index is 1.01. The molecule has 1 heterocycles. The Hall–Kier alpha value is -1.70. The topological polar surface area (TPSA) is 25.2 Å². The molecule has 0 bridgehead atoms. The van der Waals surface area contributed by atoms with Crippen LogP contribution in [0.4, 0.5) is 0 Å². The Labute approximate surface area is 186 Å². The second kappa shape index (κ2) is 17.0. The molecule has 0 N–H and O–H groups in total. The number of aryl methyl sites for hydroxylation is 1. The molecule has 0 fully saturated rings. The predicted octanol–water partition coefficient (Wildman–Crippen LogP) is 8.43. The molecule has 0 aliphatic heterocycles. The lowest BCUT2D eigenvalue weighted by Crippen LogP contribution is -2.00. The number of hydrogen-bond acceptors (Lipinski definition) is 2. The maximum absolute atomic E-state index is 4.71. The molecule has 1 aromatic heterocycles. The summed E-state index contributed by atoms with van der Waals surface area (Å²) in [6.45, 7) is 3.12. The number of aromatic nitrogens is 1. The van der Waals surface area contributed by atoms with Crippen LogP contribution in [0.15, 0.2) is 52.8 Å². The van der Waals surface area contributed by atoms with Crippen molar-refractivity contribution in [2.45, 2.75) is 110 Å². The van der Waals surface area contributed by atoms with E-state index in [9.17, 15) is 0 Å². The van der Waals surface area contributed by atoms with Crippen molar-refractivity contribution in [3.63, 3.8) is 0 Å². The van der Waals surface area contributed by atoms with Gasteiger partial charge in [0.2, 0.25) is 0 Å². The number of allylic oxidation sites excluding steroid dienone is 4. The van der Waals surface area contributed by atoms with E-state index in [-0.39, 0.29) is 0 Å². The van der Waals surface area contributed by atoms with Gasteiger partial charge in [-0.25, -0.2) is 0 Å². The average molecular weight is 409 g/mol. The molecule has 0 spiro atoms. The Balaban J connectivity index is 1.36. The van der Waals surface area contributed by atoms with E-state index in [0.717, 1.165) is 6.54 Å². The first-order valence-electron chi connectivity index (χ1n) is 12.6. The van der Waals surface area contributed by atoms with Gasteiger partial charge in [0, 0.05) is 25.2 Å². The number of unbranched alkanes of at least 4 members (excludes halogenated alkanes) is 10. The SMILES string of the molecule is C/C=C\C1=C(/C=N/CCCCCCCCCCCCCc2cccnc2)CCCC1. The number of aliphatic imine (C=N–C) groups is 1. The van der Waals surface area contributed by atoms with E-state index in [1.165, 1.54) is 119 Å². The smallest absolute Gasteiger partial charge is 0.0389 e. The van der Waals surface area contributed by atoms with Crippen LogP contribution in [0.2, 0.25) is 0 Å². The summed E-state index contributed by atoms with van der Waals surface area (Å²) in [5.74, 6) is 0. The summed E-state index contributed by atoms with van der Waals surface area (Å²) in [6, 6.07) is 4.23. The highest BCUT2D eigenvalue weighted by atomic mass is 14.7. The van der Waals surface area contributed by atoms with Crippen LogP contribution in [0, 0.1) is 0 Å². The number of rotatable bonds is 16. The van der Waals surface area contributed by atoms with Gasteiger partial charge in [-0.05, 0) is 74.6 Å². The molecule has 0 amide bonds. The van der Waals surface area contributed by atoms with Crippen LogP contribution in [0.1, 0.15) is 109 Å². The Morgan fingerprint density at radius 3 is 2.10 bits per heavy atom. The van der Waals surface area contributed by atoms with Crippen LogP contribution in [0.3, 0.4) is 0 Å². The van der Waals surface area contributed by atoms with Crippen molar-refractivity contribution in [1.82, 2.24) is 4.98 Å². The lowest BCUT2D eigenvalue weighted by Gasteiger charge is -2.14. The minimum atomic E-state index is 1.01. The molecular weight excluding hydrogens is 364 g/mol. The van der Waals surface area contributed by atoms with Crippen LogP contribution in [0.5, 0.6) is 0 Å². The van der Waals surface area contributed by atoms with Gasteiger partial charge in [-0.15, -0.1) is 0 Å². The third-order valence-corrected chi connectivity index (χ3v) is 6.15. The van der Waals surface area contributed by atoms with Gasteiger partial charge in [0.15, 0.2) is 0 Å². The highest BCUT2D eigenvalue weighted by Gasteiger charge is 2.08. The molecule has 1 aliphatic carbocycles. The molecule has 2 nitrogen and oxygen atoms in total. The number of pyridine rings is 1. The van der Waals surface area contributed by atoms with Crippen molar-refractivity contribution >= 4 is 6.21 Å². The Kier molecular flexibility index (Phi) is 13.9. The lowest BCUT2D eigenvalue weighted by molar-refractivity contribution is 0.547. The molecule has 2 heteroatoms. The zero-order valence-electron chi connectivity index (χ0n) is 19.5. The molecule has 0 radical (unpaired) electrons. The largest absolute Gasteiger partial charge is 0.293 e. The van der Waals surface area contributed by atoms with Crippen LogP contribution in [-0.2, 0) is 6.42 Å². The van der Waals surface area contributed by atoms with Gasteiger partial charge in [-0.2, -0.15) is 0 Å². The summed E-state index contributed by atoms with van der Waals surface area (Å²) in [5.41, 5.74) is 4.38. The summed E-state index contributed by atoms with van der Waals surface area (Å²) in [7, 11) is 0. The minimum Gasteiger partial charge on any atom is -0.293 e. The summed E-state index contributed by atoms with van der Waals surface area (Å²) >= 11 is 0. The third kappa shape index (κ3) is 11.5. The second-order valence-corrected chi connectivity index (χ2v) is 8.79. The predicted molar refractivity (Wildman–Crippen MR) is 132 cm³/mol. The van der Waals surface area contributed by atoms with E-state index < -0.39 is 0 Å². The summed E-state index contributed by atoms with van der Waals surface area (Å²) in [6.07, 6.45) is 31.9. The van der Waals surface area contributed by atoms with E-state index in [2.05, 4.69) is 36.3 Å². The normalized spacial score (nSPS) is 15.0. The summed E-state index contributed by atoms with van der Waals surface area (Å²) in [5, 5.41) is 0. The number of hydrogen-bond donors (Lipinski definition) is 0. The van der Waals surface area contributed by atoms with Gasteiger partial charge in [0.1, 0.15) is 0 Å². The van der Waals surface area contributed by atoms with Gasteiger partial charge in [-0.3, -0.25) is 9.98 Å². The van der Waals surface area contributed by atoms with E-state index in [1.807, 2.05) is 18.5 Å². The van der Waals surface area contributed by atoms with Gasteiger partial charge in [-0.1, -0.05) is 76.0 Å². The molecular formula is C28H44N2. The quantitative estimate of drug-likeness (QED) is 0.199. The third-order valence-electron chi connectivity index (χ3n) is 6.15. The van der Waals surface area contributed by atoms with E-state index in [0.29, 0.717) is 0 Å². The van der Waals surface area contributed by atoms with Crippen LogP contribution >= 0.6 is 0 Å². The second-order valence-electron chi connectivity index (χ2n) is 8.79. The molecule has 30 heavy (non-hydrogen) atoms. The maximum Gasteiger partial charge on any atom is 0.0389 e. The Bertz CT molecular complexity index is 627. The van der Waals surface area contributed by atoms with E-state index >= 15 is 0 Å². The Morgan fingerprint density at radius 2 is 1.47 bits per heavy atom. The van der Waals surface area contributed by atoms with Gasteiger partial charge in [0.05, 0.1) is 0 Å². The fraction of sp³-hybridized carbons (Fsp3) is 0.643. The summed E-state index contributed by atoms with van der Waals surface area (Å²) in [4.78, 5) is 8.90. The standard InChI is InChI=1S/C28H44N2/c1-2-17-27-20-13-14-21-28(27)25-30-22-15-11-9-7-5-3-4-6-8-10-12-18-26-19-16-23-29-24-26/h2,16-17,19,23-25H,3-15,18,20-22H2,1H3/b17-2-,30-25+. The van der Waals surface area contributed by atoms with Crippen LogP contribution in [0.25, 0.3) is 0 Å².